The first kappa shape index (κ1) is 23.5. The summed E-state index contributed by atoms with van der Waals surface area (Å²) in [5, 5.41) is 22.0. The number of nitro benzene ring substituents is 2. The van der Waals surface area contributed by atoms with Gasteiger partial charge in [-0.3, -0.25) is 29.8 Å². The van der Waals surface area contributed by atoms with E-state index in [1.807, 2.05) is 0 Å². The number of hydrogen-bond acceptors (Lipinski definition) is 8. The van der Waals surface area contributed by atoms with Crippen molar-refractivity contribution < 1.29 is 19.4 Å². The number of carbonyl (C=O) groups is 2. The van der Waals surface area contributed by atoms with Gasteiger partial charge in [0.2, 0.25) is 0 Å². The second-order valence-electron chi connectivity index (χ2n) is 7.72. The highest BCUT2D eigenvalue weighted by Gasteiger charge is 2.34. The molecule has 1 aliphatic rings. The fourth-order valence-electron chi connectivity index (χ4n) is 3.86. The van der Waals surface area contributed by atoms with E-state index in [4.69, 9.17) is 0 Å². The van der Waals surface area contributed by atoms with Gasteiger partial charge in [-0.25, -0.2) is 0 Å². The molecule has 0 fully saturated rings. The van der Waals surface area contributed by atoms with Gasteiger partial charge in [-0.15, -0.1) is 0 Å². The Balaban J connectivity index is 1.60. The second-order valence-corrected chi connectivity index (χ2v) is 9.95. The van der Waals surface area contributed by atoms with Crippen LogP contribution in [0, 0.1) is 20.2 Å². The first-order valence-electron chi connectivity index (χ1n) is 10.5. The lowest BCUT2D eigenvalue weighted by Gasteiger charge is -2.22. The van der Waals surface area contributed by atoms with E-state index in [1.165, 1.54) is 47.8 Å². The van der Waals surface area contributed by atoms with Crippen LogP contribution in [0.15, 0.2) is 105 Å². The molecule has 36 heavy (non-hydrogen) atoms. The molecule has 0 atom stereocenters. The number of hydrogen-bond donors (Lipinski definition) is 0. The normalized spacial score (nSPS) is 12.1. The van der Waals surface area contributed by atoms with Gasteiger partial charge in [-0.2, -0.15) is 0 Å². The molecule has 10 heteroatoms. The summed E-state index contributed by atoms with van der Waals surface area (Å²) in [6, 6.07) is 22.1. The lowest BCUT2D eigenvalue weighted by Crippen LogP contribution is -2.22. The molecular weight excluding hydrogens is 500 g/mol. The molecule has 0 saturated heterocycles. The van der Waals surface area contributed by atoms with Crippen LogP contribution in [-0.4, -0.2) is 21.4 Å². The molecule has 0 amide bonds. The third-order valence-corrected chi connectivity index (χ3v) is 7.69. The summed E-state index contributed by atoms with van der Waals surface area (Å²) in [7, 11) is 0. The van der Waals surface area contributed by atoms with E-state index in [0.717, 1.165) is 0 Å². The maximum Gasteiger partial charge on any atom is 0.269 e. The van der Waals surface area contributed by atoms with Crippen molar-refractivity contribution >= 4 is 46.5 Å². The predicted octanol–water partition coefficient (Wildman–Crippen LogP) is 6.58. The van der Waals surface area contributed by atoms with Crippen molar-refractivity contribution in [3.05, 3.63) is 127 Å². The third kappa shape index (κ3) is 4.28. The molecule has 0 saturated carbocycles. The molecule has 0 N–H and O–H groups in total. The van der Waals surface area contributed by atoms with Crippen LogP contribution < -0.4 is 0 Å². The Kier molecular flexibility index (Phi) is 6.13. The van der Waals surface area contributed by atoms with Crippen LogP contribution in [-0.2, 0) is 0 Å². The van der Waals surface area contributed by atoms with Crippen LogP contribution >= 0.6 is 23.5 Å². The monoisotopic (exact) mass is 514 g/mol. The van der Waals surface area contributed by atoms with Crippen molar-refractivity contribution in [2.75, 3.05) is 0 Å². The largest absolute Gasteiger partial charge is 0.289 e. The minimum absolute atomic E-state index is 0.0450. The van der Waals surface area contributed by atoms with Crippen molar-refractivity contribution in [3.63, 3.8) is 0 Å². The van der Waals surface area contributed by atoms with Gasteiger partial charge in [0.25, 0.3) is 11.4 Å². The molecule has 0 aromatic heterocycles. The molecule has 1 aliphatic carbocycles. The molecule has 0 spiro atoms. The molecule has 8 nitrogen and oxygen atoms in total. The van der Waals surface area contributed by atoms with Crippen molar-refractivity contribution in [2.24, 2.45) is 0 Å². The first-order chi connectivity index (χ1) is 17.3. The molecule has 5 rings (SSSR count). The Bertz CT molecular complexity index is 1450. The van der Waals surface area contributed by atoms with Gasteiger partial charge in [0.15, 0.2) is 11.6 Å². The summed E-state index contributed by atoms with van der Waals surface area (Å²) >= 11 is 2.49. The predicted molar refractivity (Wildman–Crippen MR) is 134 cm³/mol. The Labute approximate surface area is 212 Å². The van der Waals surface area contributed by atoms with Crippen LogP contribution in [0.4, 0.5) is 11.4 Å². The number of nitro groups is 2. The highest BCUT2D eigenvalue weighted by atomic mass is 32.2. The molecule has 0 unspecified atom stereocenters. The van der Waals surface area contributed by atoms with Crippen molar-refractivity contribution in [2.45, 2.75) is 19.6 Å². The van der Waals surface area contributed by atoms with Gasteiger partial charge < -0.3 is 0 Å². The minimum atomic E-state index is -0.486. The van der Waals surface area contributed by atoms with Gasteiger partial charge >= 0.3 is 0 Å². The standard InChI is InChI=1S/C26H14N2O6S2/c29-25-19-3-1-2-4-20(19)26(30)24-22(36-18-11-7-16(8-12-18)28(33)34)14-13-21(23(24)25)35-17-9-5-15(6-10-17)27(31)32/h1-14H. The zero-order valence-corrected chi connectivity index (χ0v) is 19.9. The molecule has 0 radical (unpaired) electrons. The quantitative estimate of drug-likeness (QED) is 0.184. The smallest absolute Gasteiger partial charge is 0.269 e. The molecule has 0 bridgehead atoms. The van der Waals surface area contributed by atoms with E-state index < -0.39 is 9.85 Å². The van der Waals surface area contributed by atoms with Gasteiger partial charge in [0.1, 0.15) is 0 Å². The summed E-state index contributed by atoms with van der Waals surface area (Å²) in [6.07, 6.45) is 0. The van der Waals surface area contributed by atoms with E-state index in [0.29, 0.717) is 30.7 Å². The van der Waals surface area contributed by atoms with E-state index in [-0.39, 0.29) is 34.1 Å². The molecule has 176 valence electrons. The number of fused-ring (bicyclic) bond motifs is 2. The van der Waals surface area contributed by atoms with Crippen molar-refractivity contribution in [1.29, 1.82) is 0 Å². The number of benzene rings is 4. The number of nitrogens with zero attached hydrogens (tertiary/aromatic N) is 2. The van der Waals surface area contributed by atoms with Crippen molar-refractivity contribution in [3.8, 4) is 0 Å². The van der Waals surface area contributed by atoms with Gasteiger partial charge in [0, 0.05) is 66.1 Å². The topological polar surface area (TPSA) is 120 Å². The number of rotatable bonds is 6. The number of carbonyl (C=O) groups excluding carboxylic acids is 2. The fraction of sp³-hybridized carbons (Fsp3) is 0. The third-order valence-electron chi connectivity index (χ3n) is 5.55. The molecule has 4 aromatic carbocycles. The first-order valence-corrected chi connectivity index (χ1v) is 12.2. The zero-order valence-electron chi connectivity index (χ0n) is 18.2. The highest BCUT2D eigenvalue weighted by Crippen LogP contribution is 2.43. The van der Waals surface area contributed by atoms with Crippen LogP contribution in [0.5, 0.6) is 0 Å². The van der Waals surface area contributed by atoms with Gasteiger partial charge in [-0.1, -0.05) is 47.8 Å². The maximum absolute atomic E-state index is 13.6. The Hall–Kier alpha value is -4.28. The molecule has 0 aliphatic heterocycles. The zero-order chi connectivity index (χ0) is 25.4. The summed E-state index contributed by atoms with van der Waals surface area (Å²) in [6.45, 7) is 0. The van der Waals surface area contributed by atoms with Gasteiger partial charge in [0.05, 0.1) is 9.85 Å². The lowest BCUT2D eigenvalue weighted by molar-refractivity contribution is -0.385. The van der Waals surface area contributed by atoms with E-state index >= 15 is 0 Å². The van der Waals surface area contributed by atoms with Crippen LogP contribution in [0.1, 0.15) is 31.8 Å². The van der Waals surface area contributed by atoms with Gasteiger partial charge in [-0.05, 0) is 36.4 Å². The number of non-ortho nitro benzene ring substituents is 2. The minimum Gasteiger partial charge on any atom is -0.289 e. The average molecular weight is 515 g/mol. The van der Waals surface area contributed by atoms with E-state index in [9.17, 15) is 29.8 Å². The van der Waals surface area contributed by atoms with Crippen LogP contribution in [0.3, 0.4) is 0 Å². The fourth-order valence-corrected chi connectivity index (χ4v) is 5.78. The summed E-state index contributed by atoms with van der Waals surface area (Å²) in [5.41, 5.74) is 1.09. The molecule has 0 heterocycles. The van der Waals surface area contributed by atoms with Crippen LogP contribution in [0.25, 0.3) is 0 Å². The Morgan fingerprint density at radius 3 is 1.22 bits per heavy atom. The Morgan fingerprint density at radius 1 is 0.528 bits per heavy atom. The average Bonchev–Trinajstić information content (AvgIpc) is 2.88. The molecular formula is C26H14N2O6S2. The summed E-state index contributed by atoms with van der Waals surface area (Å²) < 4.78 is 0. The van der Waals surface area contributed by atoms with Crippen molar-refractivity contribution in [1.82, 2.24) is 0 Å². The highest BCUT2D eigenvalue weighted by molar-refractivity contribution is 8.00. The maximum atomic E-state index is 13.6. The summed E-state index contributed by atoms with van der Waals surface area (Å²) in [5.74, 6) is -0.563. The lowest BCUT2D eigenvalue weighted by atomic mass is 9.84. The summed E-state index contributed by atoms with van der Waals surface area (Å²) in [4.78, 5) is 50.6. The number of ketones is 2. The molecule has 4 aromatic rings. The van der Waals surface area contributed by atoms with E-state index in [2.05, 4.69) is 0 Å². The van der Waals surface area contributed by atoms with E-state index in [1.54, 1.807) is 60.7 Å². The SMILES string of the molecule is O=C1c2ccccc2C(=O)c2c(Sc3ccc([N+](=O)[O-])cc3)ccc(Sc3ccc([N+](=O)[O-])cc3)c21. The van der Waals surface area contributed by atoms with Crippen LogP contribution in [0.2, 0.25) is 0 Å². The second kappa shape index (κ2) is 9.40. The Morgan fingerprint density at radius 2 is 0.889 bits per heavy atom.